The molecule has 2 saturated heterocycles. The first-order valence-corrected chi connectivity index (χ1v) is 20.4. The van der Waals surface area contributed by atoms with Crippen molar-refractivity contribution < 1.29 is 9.47 Å². The second-order valence-corrected chi connectivity index (χ2v) is 15.6. The number of aryl methyl sites for hydroxylation is 2. The van der Waals surface area contributed by atoms with Gasteiger partial charge in [-0.25, -0.2) is 15.0 Å². The molecule has 0 amide bonds. The minimum absolute atomic E-state index is 0.596. The zero-order valence-electron chi connectivity index (χ0n) is 32.8. The molecule has 296 valence electrons. The fraction of sp³-hybridized carbons (Fsp3) is 0.267. The number of benzene rings is 2. The number of nitrogens with one attached hydrogen (secondary N) is 1. The molecule has 1 N–H and O–H groups in total. The number of aromatic nitrogens is 5. The number of halogens is 3. The highest BCUT2D eigenvalue weighted by Gasteiger charge is 2.23. The van der Waals surface area contributed by atoms with E-state index in [4.69, 9.17) is 54.2 Å². The van der Waals surface area contributed by atoms with E-state index < -0.39 is 0 Å². The Bertz CT molecular complexity index is 2630. The molecule has 0 aliphatic carbocycles. The lowest BCUT2D eigenvalue weighted by atomic mass is 10.0. The van der Waals surface area contributed by atoms with Gasteiger partial charge in [-0.3, -0.25) is 9.97 Å². The monoisotopic (exact) mass is 832 g/mol. The molecule has 0 unspecified atom stereocenters. The highest BCUT2D eigenvalue weighted by Crippen LogP contribution is 2.40. The lowest BCUT2D eigenvalue weighted by molar-refractivity contribution is 0.122. The third-order valence-electron chi connectivity index (χ3n) is 10.5. The van der Waals surface area contributed by atoms with Crippen molar-refractivity contribution >= 4 is 79.5 Å². The molecule has 10 nitrogen and oxygen atoms in total. The van der Waals surface area contributed by atoms with Gasteiger partial charge in [-0.2, -0.15) is 0 Å². The Balaban J connectivity index is 0.000000197. The molecule has 0 radical (unpaired) electrons. The van der Waals surface area contributed by atoms with E-state index in [2.05, 4.69) is 62.1 Å². The molecule has 2 aliphatic rings. The largest absolute Gasteiger partial charge is 0.378 e. The average molecular weight is 834 g/mol. The van der Waals surface area contributed by atoms with Crippen molar-refractivity contribution in [3.05, 3.63) is 123 Å². The maximum atomic E-state index is 6.69. The van der Waals surface area contributed by atoms with E-state index >= 15 is 0 Å². The molecule has 7 aromatic rings. The molecule has 0 atom stereocenters. The molecular formula is C45H43Cl3N8O2. The Hall–Kier alpha value is -5.10. The minimum atomic E-state index is 0.596. The van der Waals surface area contributed by atoms with Crippen molar-refractivity contribution in [2.45, 2.75) is 27.7 Å². The molecule has 2 aromatic carbocycles. The van der Waals surface area contributed by atoms with Crippen molar-refractivity contribution in [3.8, 4) is 22.8 Å². The van der Waals surface area contributed by atoms with Crippen LogP contribution >= 0.6 is 34.8 Å². The molecule has 9 rings (SSSR count). The Morgan fingerprint density at radius 3 is 1.72 bits per heavy atom. The van der Waals surface area contributed by atoms with E-state index in [1.165, 1.54) is 0 Å². The standard InChI is InChI=1S/C29H31ClN6O2.C16H12Cl2N2/c1-19-6-7-31-24(16-19)27-20(2)26(22-4-3-5-23(30)28(22)34-27)33-25-17-21(35-8-12-37-13-9-35)18-32-29(25)36-10-14-38-15-11-36;1-9-6-7-19-13(8-9)15-10(2)14(18)11-4-3-5-12(17)16(11)20-15/h3-7,16-18H,8-15H2,1-2H3,(H,33,34);3-8H,1-2H3. The van der Waals surface area contributed by atoms with Gasteiger partial charge in [0.1, 0.15) is 0 Å². The summed E-state index contributed by atoms with van der Waals surface area (Å²) in [7, 11) is 0. The molecule has 58 heavy (non-hydrogen) atoms. The molecule has 2 fully saturated rings. The Morgan fingerprint density at radius 1 is 0.603 bits per heavy atom. The van der Waals surface area contributed by atoms with Crippen molar-refractivity contribution in [3.63, 3.8) is 0 Å². The van der Waals surface area contributed by atoms with E-state index in [-0.39, 0.29) is 0 Å². The number of ether oxygens (including phenoxy) is 2. The Labute approximate surface area is 353 Å². The number of anilines is 4. The van der Waals surface area contributed by atoms with Crippen LogP contribution in [0.4, 0.5) is 22.9 Å². The second-order valence-electron chi connectivity index (χ2n) is 14.5. The summed E-state index contributed by atoms with van der Waals surface area (Å²) in [5.74, 6) is 0.909. The van der Waals surface area contributed by atoms with Gasteiger partial charge in [0.15, 0.2) is 5.82 Å². The lowest BCUT2D eigenvalue weighted by Crippen LogP contribution is -2.38. The zero-order chi connectivity index (χ0) is 40.3. The van der Waals surface area contributed by atoms with E-state index in [9.17, 15) is 0 Å². The van der Waals surface area contributed by atoms with Gasteiger partial charge in [0.05, 0.1) is 98.6 Å². The molecule has 0 spiro atoms. The van der Waals surface area contributed by atoms with Crippen LogP contribution in [0, 0.1) is 27.7 Å². The summed E-state index contributed by atoms with van der Waals surface area (Å²) in [6.07, 6.45) is 5.57. The zero-order valence-corrected chi connectivity index (χ0v) is 35.1. The van der Waals surface area contributed by atoms with Crippen LogP contribution in [0.5, 0.6) is 0 Å². The van der Waals surface area contributed by atoms with Gasteiger partial charge in [0.25, 0.3) is 0 Å². The first-order valence-electron chi connectivity index (χ1n) is 19.3. The molecule has 2 aliphatic heterocycles. The number of hydrogen-bond donors (Lipinski definition) is 1. The van der Waals surface area contributed by atoms with Gasteiger partial charge < -0.3 is 24.6 Å². The molecule has 0 bridgehead atoms. The van der Waals surface area contributed by atoms with Crippen LogP contribution in [0.3, 0.4) is 0 Å². The van der Waals surface area contributed by atoms with Gasteiger partial charge >= 0.3 is 0 Å². The normalized spacial score (nSPS) is 14.4. The molecule has 7 heterocycles. The van der Waals surface area contributed by atoms with Crippen LogP contribution in [0.15, 0.2) is 85.3 Å². The SMILES string of the molecule is Cc1ccnc(-c2nc3c(Cl)cccc3c(Cl)c2C)c1.Cc1ccnc(-c2nc3c(Cl)cccc3c(Nc3cc(N4CCOCC4)cnc3N3CCOCC3)c2C)c1. The second kappa shape index (κ2) is 17.4. The minimum Gasteiger partial charge on any atom is -0.378 e. The summed E-state index contributed by atoms with van der Waals surface area (Å²) in [5, 5.41) is 7.48. The van der Waals surface area contributed by atoms with E-state index in [1.54, 1.807) is 6.20 Å². The van der Waals surface area contributed by atoms with E-state index in [0.29, 0.717) is 47.0 Å². The Morgan fingerprint density at radius 2 is 1.14 bits per heavy atom. The van der Waals surface area contributed by atoms with Gasteiger partial charge in [-0.1, -0.05) is 59.1 Å². The predicted molar refractivity (Wildman–Crippen MR) is 238 cm³/mol. The van der Waals surface area contributed by atoms with Gasteiger partial charge in [0, 0.05) is 54.9 Å². The summed E-state index contributed by atoms with van der Waals surface area (Å²) in [4.78, 5) is 28.2. The quantitative estimate of drug-likeness (QED) is 0.174. The maximum absolute atomic E-state index is 6.69. The van der Waals surface area contributed by atoms with Crippen LogP contribution in [-0.4, -0.2) is 77.5 Å². The fourth-order valence-corrected chi connectivity index (χ4v) is 8.02. The van der Waals surface area contributed by atoms with Crippen molar-refractivity contribution in [2.24, 2.45) is 0 Å². The molecule has 13 heteroatoms. The third-order valence-corrected chi connectivity index (χ3v) is 11.6. The summed E-state index contributed by atoms with van der Waals surface area (Å²) < 4.78 is 11.2. The van der Waals surface area contributed by atoms with Crippen LogP contribution in [0.2, 0.25) is 15.1 Å². The lowest BCUT2D eigenvalue weighted by Gasteiger charge is -2.32. The topological polar surface area (TPSA) is 101 Å². The van der Waals surface area contributed by atoms with Crippen LogP contribution in [0.1, 0.15) is 22.3 Å². The van der Waals surface area contributed by atoms with Crippen LogP contribution < -0.4 is 15.1 Å². The third kappa shape index (κ3) is 8.26. The number of para-hydroxylation sites is 2. The van der Waals surface area contributed by atoms with Crippen molar-refractivity contribution in [1.29, 1.82) is 0 Å². The number of nitrogens with zero attached hydrogens (tertiary/aromatic N) is 7. The highest BCUT2D eigenvalue weighted by atomic mass is 35.5. The predicted octanol–water partition coefficient (Wildman–Crippen LogP) is 10.6. The van der Waals surface area contributed by atoms with Crippen LogP contribution in [0.25, 0.3) is 44.6 Å². The highest BCUT2D eigenvalue weighted by molar-refractivity contribution is 6.40. The summed E-state index contributed by atoms with van der Waals surface area (Å²) in [5.41, 5.74) is 11.8. The van der Waals surface area contributed by atoms with Gasteiger partial charge in [0.2, 0.25) is 0 Å². The number of hydrogen-bond acceptors (Lipinski definition) is 10. The number of morpholine rings is 2. The average Bonchev–Trinajstić information content (AvgIpc) is 3.24. The van der Waals surface area contributed by atoms with E-state index in [0.717, 1.165) is 110 Å². The number of rotatable bonds is 6. The summed E-state index contributed by atoms with van der Waals surface area (Å²) in [6.45, 7) is 14.2. The summed E-state index contributed by atoms with van der Waals surface area (Å²) >= 11 is 19.4. The van der Waals surface area contributed by atoms with Gasteiger partial charge in [-0.05, 0) is 86.8 Å². The smallest absolute Gasteiger partial charge is 0.152 e. The molecule has 5 aromatic heterocycles. The first kappa shape index (κ1) is 39.7. The van der Waals surface area contributed by atoms with Crippen molar-refractivity contribution in [1.82, 2.24) is 24.9 Å². The first-order chi connectivity index (χ1) is 28.2. The van der Waals surface area contributed by atoms with Crippen molar-refractivity contribution in [2.75, 3.05) is 67.7 Å². The summed E-state index contributed by atoms with van der Waals surface area (Å²) in [6, 6.07) is 21.7. The Kier molecular flexibility index (Phi) is 11.9. The number of fused-ring (bicyclic) bond motifs is 2. The van der Waals surface area contributed by atoms with Crippen LogP contribution in [-0.2, 0) is 9.47 Å². The van der Waals surface area contributed by atoms with E-state index in [1.807, 2.05) is 74.8 Å². The van der Waals surface area contributed by atoms with Gasteiger partial charge in [-0.15, -0.1) is 0 Å². The number of pyridine rings is 5. The molecular weight excluding hydrogens is 791 g/mol. The fourth-order valence-electron chi connectivity index (χ4n) is 7.34. The molecule has 0 saturated carbocycles. The maximum Gasteiger partial charge on any atom is 0.152 e.